The number of anilines is 1. The molecule has 2 amide bonds. The highest BCUT2D eigenvalue weighted by molar-refractivity contribution is 7.92. The van der Waals surface area contributed by atoms with Crippen molar-refractivity contribution in [2.75, 3.05) is 17.6 Å². The number of halogens is 2. The van der Waals surface area contributed by atoms with E-state index in [0.29, 0.717) is 36.5 Å². The number of nitrogens with zero attached hydrogens (tertiary/aromatic N) is 2. The van der Waals surface area contributed by atoms with Gasteiger partial charge in [-0.2, -0.15) is 8.42 Å². The van der Waals surface area contributed by atoms with Crippen LogP contribution in [0.15, 0.2) is 77.7 Å². The first-order chi connectivity index (χ1) is 19.3. The van der Waals surface area contributed by atoms with Gasteiger partial charge in [-0.15, -0.1) is 0 Å². The summed E-state index contributed by atoms with van der Waals surface area (Å²) in [6.07, 6.45) is 0.785. The molecule has 1 heterocycles. The lowest BCUT2D eigenvalue weighted by atomic mass is 10.0. The molecule has 3 aromatic carbocycles. The molecule has 0 unspecified atom stereocenters. The summed E-state index contributed by atoms with van der Waals surface area (Å²) in [5.41, 5.74) is -0.0286. The number of hydrogen-bond acceptors (Lipinski definition) is 6. The third kappa shape index (κ3) is 7.84. The van der Waals surface area contributed by atoms with Gasteiger partial charge < -0.3 is 19.8 Å². The number of rotatable bonds is 7. The van der Waals surface area contributed by atoms with Gasteiger partial charge in [-0.05, 0) is 88.2 Å². The van der Waals surface area contributed by atoms with Crippen molar-refractivity contribution >= 4 is 50.9 Å². The van der Waals surface area contributed by atoms with Gasteiger partial charge in [-0.1, -0.05) is 45.9 Å². The monoisotopic (exact) mass is 619 g/mol. The van der Waals surface area contributed by atoms with Crippen LogP contribution in [0.1, 0.15) is 44.0 Å². The Balaban J connectivity index is 1.45. The van der Waals surface area contributed by atoms with Crippen LogP contribution in [0.5, 0.6) is 5.75 Å². The van der Waals surface area contributed by atoms with Gasteiger partial charge in [0.2, 0.25) is 0 Å². The summed E-state index contributed by atoms with van der Waals surface area (Å²) in [5, 5.41) is 3.48. The highest BCUT2D eigenvalue weighted by atomic mass is 35.5. The highest BCUT2D eigenvalue weighted by Crippen LogP contribution is 2.32. The normalized spacial score (nSPS) is 14.3. The van der Waals surface area contributed by atoms with E-state index < -0.39 is 15.6 Å². The first kappa shape index (κ1) is 30.5. The molecule has 4 rings (SSSR count). The zero-order valence-electron chi connectivity index (χ0n) is 22.8. The predicted octanol–water partition coefficient (Wildman–Crippen LogP) is 6.31. The molecule has 218 valence electrons. The molecule has 0 saturated carbocycles. The van der Waals surface area contributed by atoms with Crippen LogP contribution < -0.4 is 14.6 Å². The maximum atomic E-state index is 13.7. The second-order valence-electron chi connectivity index (χ2n) is 10.5. The molecule has 0 spiro atoms. The maximum absolute atomic E-state index is 13.7. The smallest absolute Gasteiger partial charge is 0.410 e. The van der Waals surface area contributed by atoms with E-state index in [2.05, 4.69) is 5.32 Å². The maximum Gasteiger partial charge on any atom is 0.410 e. The SMILES string of the molecule is CC(C)(C)OC(=O)N1CCC(NC(=O)c2ccc(S(=O)(=O)N(Oc3ccc(Cl)cc3Cl)c3ccccc3)cc2)CC1. The Morgan fingerprint density at radius 2 is 1.59 bits per heavy atom. The molecule has 0 bridgehead atoms. The standard InChI is InChI=1S/C29H31Cl2N3O6S/c1-29(2,3)39-28(36)33-17-15-22(16-18-33)32-27(35)20-9-12-24(13-10-20)41(37,38)34(23-7-5-4-6-8-23)40-26-14-11-21(30)19-25(26)31/h4-14,19,22H,15-18H2,1-3H3,(H,32,35). The Kier molecular flexibility index (Phi) is 9.36. The van der Waals surface area contributed by atoms with Crippen LogP contribution in [0.25, 0.3) is 0 Å². The van der Waals surface area contributed by atoms with Crippen molar-refractivity contribution in [1.82, 2.24) is 10.2 Å². The number of likely N-dealkylation sites (tertiary alicyclic amines) is 1. The van der Waals surface area contributed by atoms with Gasteiger partial charge in [0.05, 0.1) is 15.6 Å². The number of para-hydroxylation sites is 1. The zero-order chi connectivity index (χ0) is 29.8. The molecular weight excluding hydrogens is 589 g/mol. The first-order valence-electron chi connectivity index (χ1n) is 13.0. The van der Waals surface area contributed by atoms with Gasteiger partial charge in [-0.3, -0.25) is 4.79 Å². The van der Waals surface area contributed by atoms with Crippen molar-refractivity contribution in [2.24, 2.45) is 0 Å². The lowest BCUT2D eigenvalue weighted by molar-refractivity contribution is 0.0199. The summed E-state index contributed by atoms with van der Waals surface area (Å²) in [6.45, 7) is 6.37. The second-order valence-corrected chi connectivity index (χ2v) is 13.1. The topological polar surface area (TPSA) is 105 Å². The van der Waals surface area contributed by atoms with Crippen LogP contribution in [0.4, 0.5) is 10.5 Å². The largest absolute Gasteiger partial charge is 0.444 e. The predicted molar refractivity (Wildman–Crippen MR) is 158 cm³/mol. The van der Waals surface area contributed by atoms with Crippen molar-refractivity contribution in [3.8, 4) is 5.75 Å². The Morgan fingerprint density at radius 1 is 0.951 bits per heavy atom. The van der Waals surface area contributed by atoms with Crippen LogP contribution in [-0.2, 0) is 14.8 Å². The second kappa shape index (κ2) is 12.6. The number of benzene rings is 3. The average Bonchev–Trinajstić information content (AvgIpc) is 2.92. The molecule has 1 fully saturated rings. The van der Waals surface area contributed by atoms with Crippen molar-refractivity contribution in [3.63, 3.8) is 0 Å². The van der Waals surface area contributed by atoms with Crippen LogP contribution in [0, 0.1) is 0 Å². The molecular formula is C29H31Cl2N3O6S. The molecule has 9 nitrogen and oxygen atoms in total. The number of nitrogens with one attached hydrogen (secondary N) is 1. The molecule has 0 aliphatic carbocycles. The van der Waals surface area contributed by atoms with Gasteiger partial charge >= 0.3 is 6.09 Å². The molecule has 1 saturated heterocycles. The van der Waals surface area contributed by atoms with E-state index in [1.165, 1.54) is 42.5 Å². The molecule has 0 aromatic heterocycles. The van der Waals surface area contributed by atoms with E-state index in [1.54, 1.807) is 35.2 Å². The van der Waals surface area contributed by atoms with Crippen LogP contribution in [0.2, 0.25) is 10.0 Å². The number of carbonyl (C=O) groups is 2. The lowest BCUT2D eigenvalue weighted by Gasteiger charge is -2.33. The van der Waals surface area contributed by atoms with Crippen LogP contribution >= 0.6 is 23.2 Å². The molecule has 0 atom stereocenters. The molecule has 3 aromatic rings. The Hall–Kier alpha value is -3.47. The van der Waals surface area contributed by atoms with E-state index in [0.717, 1.165) is 4.47 Å². The van der Waals surface area contributed by atoms with Gasteiger partial charge in [0, 0.05) is 29.7 Å². The number of carbonyl (C=O) groups excluding carboxylic acids is 2. The number of ether oxygens (including phenoxy) is 1. The van der Waals surface area contributed by atoms with Gasteiger partial charge in [0.25, 0.3) is 15.9 Å². The fourth-order valence-electron chi connectivity index (χ4n) is 4.10. The van der Waals surface area contributed by atoms with Crippen molar-refractivity contribution < 1.29 is 27.6 Å². The summed E-state index contributed by atoms with van der Waals surface area (Å²) in [4.78, 5) is 32.5. The van der Waals surface area contributed by atoms with E-state index in [1.807, 2.05) is 20.8 Å². The minimum atomic E-state index is -4.24. The minimum Gasteiger partial charge on any atom is -0.444 e. The number of sulfonamides is 1. The van der Waals surface area contributed by atoms with Gasteiger partial charge in [0.1, 0.15) is 5.60 Å². The Bertz CT molecular complexity index is 1490. The van der Waals surface area contributed by atoms with Gasteiger partial charge in [0.15, 0.2) is 5.75 Å². The first-order valence-corrected chi connectivity index (χ1v) is 15.2. The van der Waals surface area contributed by atoms with E-state index >= 15 is 0 Å². The summed E-state index contributed by atoms with van der Waals surface area (Å²) < 4.78 is 33.5. The summed E-state index contributed by atoms with van der Waals surface area (Å²) in [5.74, 6) is -0.244. The highest BCUT2D eigenvalue weighted by Gasteiger charge is 2.30. The number of piperidine rings is 1. The van der Waals surface area contributed by atoms with E-state index in [-0.39, 0.29) is 39.4 Å². The molecule has 1 N–H and O–H groups in total. The van der Waals surface area contributed by atoms with Crippen molar-refractivity contribution in [1.29, 1.82) is 0 Å². The zero-order valence-corrected chi connectivity index (χ0v) is 25.2. The third-order valence-corrected chi connectivity index (χ3v) is 8.28. The fraction of sp³-hybridized carbons (Fsp3) is 0.310. The molecule has 1 aliphatic rings. The summed E-state index contributed by atoms with van der Waals surface area (Å²) in [7, 11) is -4.24. The number of hydrogen-bond donors (Lipinski definition) is 1. The average molecular weight is 621 g/mol. The van der Waals surface area contributed by atoms with Crippen LogP contribution in [-0.4, -0.2) is 50.1 Å². The summed E-state index contributed by atoms with van der Waals surface area (Å²) in [6, 6.07) is 18.2. The van der Waals surface area contributed by atoms with Crippen molar-refractivity contribution in [3.05, 3.63) is 88.4 Å². The molecule has 1 aliphatic heterocycles. The Morgan fingerprint density at radius 3 is 2.17 bits per heavy atom. The lowest BCUT2D eigenvalue weighted by Crippen LogP contribution is -2.47. The van der Waals surface area contributed by atoms with E-state index in [9.17, 15) is 18.0 Å². The van der Waals surface area contributed by atoms with Crippen molar-refractivity contribution in [2.45, 2.75) is 50.2 Å². The fourth-order valence-corrected chi connectivity index (χ4v) is 5.80. The number of amides is 2. The van der Waals surface area contributed by atoms with Gasteiger partial charge in [-0.25, -0.2) is 4.79 Å². The Labute approximate surface area is 249 Å². The summed E-state index contributed by atoms with van der Waals surface area (Å²) >= 11 is 12.2. The van der Waals surface area contributed by atoms with Crippen LogP contribution in [0.3, 0.4) is 0 Å². The minimum absolute atomic E-state index is 0.0892. The third-order valence-electron chi connectivity index (χ3n) is 6.16. The molecule has 12 heteroatoms. The quantitative estimate of drug-likeness (QED) is 0.311. The van der Waals surface area contributed by atoms with E-state index in [4.69, 9.17) is 32.8 Å². The molecule has 41 heavy (non-hydrogen) atoms. The molecule has 0 radical (unpaired) electrons.